The lowest BCUT2D eigenvalue weighted by Crippen LogP contribution is -2.42. The number of thiazole rings is 1. The minimum atomic E-state index is -3.03. The summed E-state index contributed by atoms with van der Waals surface area (Å²) in [5.74, 6) is 0.961. The molecule has 0 aromatic carbocycles. The molecular formula is C14H26IN5O2S2. The van der Waals surface area contributed by atoms with E-state index in [-0.39, 0.29) is 29.7 Å². The maximum Gasteiger partial charge on any atom is 0.214 e. The van der Waals surface area contributed by atoms with E-state index in [9.17, 15) is 8.42 Å². The van der Waals surface area contributed by atoms with E-state index >= 15 is 0 Å². The predicted octanol–water partition coefficient (Wildman–Crippen LogP) is 1.41. The first-order valence-electron chi connectivity index (χ1n) is 7.98. The van der Waals surface area contributed by atoms with Gasteiger partial charge in [0.2, 0.25) is 10.0 Å². The van der Waals surface area contributed by atoms with Crippen molar-refractivity contribution in [3.63, 3.8) is 0 Å². The average molecular weight is 487 g/mol. The van der Waals surface area contributed by atoms with Crippen molar-refractivity contribution >= 4 is 51.3 Å². The topological polar surface area (TPSA) is 86.7 Å². The van der Waals surface area contributed by atoms with Crippen molar-refractivity contribution in [2.45, 2.75) is 33.2 Å². The van der Waals surface area contributed by atoms with E-state index in [1.165, 1.54) is 9.18 Å². The van der Waals surface area contributed by atoms with Gasteiger partial charge in [-0.05, 0) is 19.8 Å². The van der Waals surface area contributed by atoms with Crippen molar-refractivity contribution in [1.29, 1.82) is 0 Å². The zero-order chi connectivity index (χ0) is 16.7. The van der Waals surface area contributed by atoms with Gasteiger partial charge in [-0.3, -0.25) is 0 Å². The summed E-state index contributed by atoms with van der Waals surface area (Å²) < 4.78 is 25.0. The number of nitrogens with zero attached hydrogens (tertiary/aromatic N) is 3. The third-order valence-electron chi connectivity index (χ3n) is 3.52. The van der Waals surface area contributed by atoms with Crippen LogP contribution in [0.1, 0.15) is 30.2 Å². The second-order valence-electron chi connectivity index (χ2n) is 5.26. The fourth-order valence-electron chi connectivity index (χ4n) is 2.31. The second kappa shape index (κ2) is 10.5. The van der Waals surface area contributed by atoms with Gasteiger partial charge in [0.1, 0.15) is 5.01 Å². The third kappa shape index (κ3) is 6.45. The van der Waals surface area contributed by atoms with Crippen LogP contribution < -0.4 is 10.6 Å². The molecule has 0 saturated carbocycles. The molecule has 1 aliphatic heterocycles. The van der Waals surface area contributed by atoms with Crippen molar-refractivity contribution in [1.82, 2.24) is 19.9 Å². The van der Waals surface area contributed by atoms with Crippen LogP contribution in [0.3, 0.4) is 0 Å². The summed E-state index contributed by atoms with van der Waals surface area (Å²) in [5, 5.41) is 7.34. The maximum atomic E-state index is 11.8. The molecule has 0 radical (unpaired) electrons. The Morgan fingerprint density at radius 2 is 2.21 bits per heavy atom. The SMILES string of the molecule is CCNC(=NCc1ncc(CC)s1)NCCN1CCCS1(=O)=O.I. The molecule has 2 rings (SSSR count). The zero-order valence-electron chi connectivity index (χ0n) is 14.1. The van der Waals surface area contributed by atoms with Crippen LogP contribution in [0.15, 0.2) is 11.2 Å². The Hall–Kier alpha value is -0.460. The van der Waals surface area contributed by atoms with Gasteiger partial charge in [0.05, 0.1) is 12.3 Å². The van der Waals surface area contributed by atoms with Gasteiger partial charge in [-0.15, -0.1) is 35.3 Å². The summed E-state index contributed by atoms with van der Waals surface area (Å²) in [5.41, 5.74) is 0. The Morgan fingerprint density at radius 3 is 2.79 bits per heavy atom. The highest BCUT2D eigenvalue weighted by atomic mass is 127. The van der Waals surface area contributed by atoms with Crippen molar-refractivity contribution in [2.75, 3.05) is 31.9 Å². The third-order valence-corrected chi connectivity index (χ3v) is 6.61. The Bertz CT molecular complexity index is 633. The molecule has 0 unspecified atom stereocenters. The highest BCUT2D eigenvalue weighted by Crippen LogP contribution is 2.14. The van der Waals surface area contributed by atoms with Gasteiger partial charge in [0, 0.05) is 37.3 Å². The summed E-state index contributed by atoms with van der Waals surface area (Å²) in [6.45, 7) is 7.04. The molecule has 7 nitrogen and oxygen atoms in total. The van der Waals surface area contributed by atoms with Crippen molar-refractivity contribution in [3.8, 4) is 0 Å². The van der Waals surface area contributed by atoms with Crippen LogP contribution in [0.25, 0.3) is 0 Å². The molecule has 10 heteroatoms. The minimum absolute atomic E-state index is 0. The second-order valence-corrected chi connectivity index (χ2v) is 8.55. The first kappa shape index (κ1) is 21.6. The molecule has 1 saturated heterocycles. The number of nitrogens with one attached hydrogen (secondary N) is 2. The van der Waals surface area contributed by atoms with E-state index in [0.29, 0.717) is 32.1 Å². The molecule has 1 aromatic rings. The predicted molar refractivity (Wildman–Crippen MR) is 110 cm³/mol. The summed E-state index contributed by atoms with van der Waals surface area (Å²) >= 11 is 1.68. The standard InChI is InChI=1S/C14H25N5O2S2.HI/c1-3-12-10-17-13(22-12)11-18-14(15-4-2)16-6-8-19-7-5-9-23(19,20)21;/h10H,3-9,11H2,1-2H3,(H2,15,16,18);1H. The zero-order valence-corrected chi connectivity index (χ0v) is 18.1. The van der Waals surface area contributed by atoms with E-state index in [0.717, 1.165) is 24.4 Å². The lowest BCUT2D eigenvalue weighted by Gasteiger charge is -2.16. The number of guanidine groups is 1. The summed E-state index contributed by atoms with van der Waals surface area (Å²) in [6, 6.07) is 0. The van der Waals surface area contributed by atoms with Crippen LogP contribution >= 0.6 is 35.3 Å². The van der Waals surface area contributed by atoms with Gasteiger partial charge < -0.3 is 10.6 Å². The number of halogens is 1. The van der Waals surface area contributed by atoms with Crippen LogP contribution in [0, 0.1) is 0 Å². The molecule has 2 N–H and O–H groups in total. The van der Waals surface area contributed by atoms with Crippen molar-refractivity contribution < 1.29 is 8.42 Å². The Morgan fingerprint density at radius 1 is 1.42 bits per heavy atom. The van der Waals surface area contributed by atoms with Gasteiger partial charge in [-0.25, -0.2) is 22.7 Å². The normalized spacial score (nSPS) is 17.5. The first-order valence-corrected chi connectivity index (χ1v) is 10.4. The van der Waals surface area contributed by atoms with Crippen LogP contribution in [0.2, 0.25) is 0 Å². The Balaban J connectivity index is 0.00000288. The Labute approximate surface area is 165 Å². The van der Waals surface area contributed by atoms with E-state index in [2.05, 4.69) is 27.5 Å². The number of aliphatic imine (C=N–C) groups is 1. The fourth-order valence-corrected chi connectivity index (χ4v) is 4.63. The molecule has 2 heterocycles. The van der Waals surface area contributed by atoms with E-state index in [1.54, 1.807) is 11.3 Å². The molecule has 0 aliphatic carbocycles. The molecule has 24 heavy (non-hydrogen) atoms. The van der Waals surface area contributed by atoms with E-state index in [1.807, 2.05) is 13.1 Å². The average Bonchev–Trinajstić information content (AvgIpc) is 3.11. The molecule has 0 bridgehead atoms. The lowest BCUT2D eigenvalue weighted by atomic mass is 10.4. The monoisotopic (exact) mass is 487 g/mol. The minimum Gasteiger partial charge on any atom is -0.357 e. The van der Waals surface area contributed by atoms with Gasteiger partial charge in [0.15, 0.2) is 5.96 Å². The number of aromatic nitrogens is 1. The quantitative estimate of drug-likeness (QED) is 0.345. The van der Waals surface area contributed by atoms with E-state index < -0.39 is 10.0 Å². The van der Waals surface area contributed by atoms with Gasteiger partial charge >= 0.3 is 0 Å². The number of sulfonamides is 1. The molecule has 1 aliphatic rings. The number of hydrogen-bond donors (Lipinski definition) is 2. The van der Waals surface area contributed by atoms with Gasteiger partial charge in [-0.1, -0.05) is 6.92 Å². The molecule has 1 fully saturated rings. The van der Waals surface area contributed by atoms with Crippen molar-refractivity contribution in [3.05, 3.63) is 16.1 Å². The molecule has 1 aromatic heterocycles. The van der Waals surface area contributed by atoms with Crippen LogP contribution in [-0.2, 0) is 23.0 Å². The smallest absolute Gasteiger partial charge is 0.214 e. The van der Waals surface area contributed by atoms with Crippen molar-refractivity contribution in [2.24, 2.45) is 4.99 Å². The molecule has 0 spiro atoms. The molecular weight excluding hydrogens is 461 g/mol. The number of aryl methyl sites for hydroxylation is 1. The largest absolute Gasteiger partial charge is 0.357 e. The lowest BCUT2D eigenvalue weighted by molar-refractivity contribution is 0.445. The van der Waals surface area contributed by atoms with Gasteiger partial charge in [0.25, 0.3) is 0 Å². The summed E-state index contributed by atoms with van der Waals surface area (Å²) in [7, 11) is -3.03. The summed E-state index contributed by atoms with van der Waals surface area (Å²) in [6.07, 6.45) is 3.61. The van der Waals surface area contributed by atoms with Crippen LogP contribution in [0.5, 0.6) is 0 Å². The van der Waals surface area contributed by atoms with Crippen LogP contribution in [-0.4, -0.2) is 55.6 Å². The molecule has 0 amide bonds. The maximum absolute atomic E-state index is 11.8. The molecule has 138 valence electrons. The van der Waals surface area contributed by atoms with Gasteiger partial charge in [-0.2, -0.15) is 0 Å². The first-order chi connectivity index (χ1) is 11.0. The number of hydrogen-bond acceptors (Lipinski definition) is 5. The summed E-state index contributed by atoms with van der Waals surface area (Å²) in [4.78, 5) is 10.1. The number of rotatable bonds is 7. The highest BCUT2D eigenvalue weighted by molar-refractivity contribution is 14.0. The van der Waals surface area contributed by atoms with E-state index in [4.69, 9.17) is 0 Å². The molecule has 0 atom stereocenters. The van der Waals surface area contributed by atoms with Crippen LogP contribution in [0.4, 0.5) is 0 Å². The Kier molecular flexibility index (Phi) is 9.45. The highest BCUT2D eigenvalue weighted by Gasteiger charge is 2.27. The fraction of sp³-hybridized carbons (Fsp3) is 0.714.